The highest BCUT2D eigenvalue weighted by Crippen LogP contribution is 1.97. The van der Waals surface area contributed by atoms with Crippen LogP contribution < -0.4 is 16.4 Å². The summed E-state index contributed by atoms with van der Waals surface area (Å²) in [5.74, 6) is -1.72. The lowest BCUT2D eigenvalue weighted by Crippen LogP contribution is -2.47. The quantitative estimate of drug-likeness (QED) is 0.386. The van der Waals surface area contributed by atoms with Crippen LogP contribution in [0.5, 0.6) is 0 Å². The lowest BCUT2D eigenvalue weighted by atomic mass is 10.2. The molecule has 0 saturated heterocycles. The third-order valence-corrected chi connectivity index (χ3v) is 2.99. The van der Waals surface area contributed by atoms with Crippen LogP contribution in [0.1, 0.15) is 6.42 Å². The monoisotopic (exact) mass is 311 g/mol. The number of urea groups is 1. The molecular weight excluding hydrogens is 294 g/mol. The number of carbonyl (C=O) groups excluding carboxylic acids is 2. The van der Waals surface area contributed by atoms with Gasteiger partial charge in [-0.2, -0.15) is 0 Å². The molecule has 0 fully saturated rings. The first-order valence-corrected chi connectivity index (χ1v) is 7.55. The number of carbonyl (C=O) groups is 3. The van der Waals surface area contributed by atoms with Crippen molar-refractivity contribution in [3.63, 3.8) is 0 Å². The van der Waals surface area contributed by atoms with Crippen LogP contribution in [-0.2, 0) is 19.4 Å². The molecule has 0 heterocycles. The van der Waals surface area contributed by atoms with E-state index in [0.717, 1.165) is 6.26 Å². The molecule has 0 spiro atoms. The number of nitrogens with one attached hydrogen (secondary N) is 2. The molecule has 11 heteroatoms. The molecule has 20 heavy (non-hydrogen) atoms. The molecule has 0 aliphatic rings. The van der Waals surface area contributed by atoms with Crippen molar-refractivity contribution < 1.29 is 32.6 Å². The average molecular weight is 311 g/mol. The third kappa shape index (κ3) is 9.94. The van der Waals surface area contributed by atoms with Crippen molar-refractivity contribution in [2.45, 2.75) is 12.5 Å². The Bertz CT molecular complexity index is 462. The zero-order valence-electron chi connectivity index (χ0n) is 10.8. The number of carboxylic acid groups (broad SMARTS) is 1. The maximum Gasteiger partial charge on any atom is 0.404 e. The Balaban J connectivity index is 4.15. The van der Waals surface area contributed by atoms with E-state index in [1.54, 1.807) is 0 Å². The van der Waals surface area contributed by atoms with Crippen LogP contribution in [0.15, 0.2) is 0 Å². The molecule has 0 rings (SSSR count). The van der Waals surface area contributed by atoms with E-state index in [0.29, 0.717) is 0 Å². The van der Waals surface area contributed by atoms with Gasteiger partial charge in [-0.15, -0.1) is 0 Å². The summed E-state index contributed by atoms with van der Waals surface area (Å²) in [5, 5.41) is 13.2. The van der Waals surface area contributed by atoms with Gasteiger partial charge in [0.15, 0.2) is 0 Å². The number of primary amides is 1. The van der Waals surface area contributed by atoms with Crippen molar-refractivity contribution in [1.82, 2.24) is 10.6 Å². The molecule has 1 atom stereocenters. The Morgan fingerprint density at radius 1 is 1.35 bits per heavy atom. The van der Waals surface area contributed by atoms with Gasteiger partial charge in [-0.25, -0.2) is 22.8 Å². The van der Waals surface area contributed by atoms with Gasteiger partial charge in [0.1, 0.15) is 22.5 Å². The lowest BCUT2D eigenvalue weighted by Gasteiger charge is -2.14. The number of ether oxygens (including phenoxy) is 1. The zero-order valence-corrected chi connectivity index (χ0v) is 11.6. The smallest absolute Gasteiger partial charge is 0.404 e. The van der Waals surface area contributed by atoms with Gasteiger partial charge < -0.3 is 26.2 Å². The number of hydrogen-bond acceptors (Lipinski definition) is 6. The molecule has 3 amide bonds. The summed E-state index contributed by atoms with van der Waals surface area (Å²) in [5.41, 5.74) is 4.69. The first-order chi connectivity index (χ1) is 9.11. The number of nitrogens with two attached hydrogens (primary N) is 1. The van der Waals surface area contributed by atoms with E-state index >= 15 is 0 Å². The highest BCUT2D eigenvalue weighted by Gasteiger charge is 2.21. The number of hydrogen-bond donors (Lipinski definition) is 4. The van der Waals surface area contributed by atoms with E-state index in [-0.39, 0.29) is 25.3 Å². The normalized spacial score (nSPS) is 12.2. The molecule has 0 radical (unpaired) electrons. The summed E-state index contributed by atoms with van der Waals surface area (Å²) >= 11 is 0. The largest absolute Gasteiger partial charge is 0.480 e. The van der Waals surface area contributed by atoms with Gasteiger partial charge in [-0.1, -0.05) is 0 Å². The van der Waals surface area contributed by atoms with Crippen molar-refractivity contribution in [2.75, 3.05) is 25.2 Å². The van der Waals surface area contributed by atoms with E-state index in [9.17, 15) is 22.8 Å². The van der Waals surface area contributed by atoms with Gasteiger partial charge in [0.2, 0.25) is 0 Å². The molecule has 0 aromatic rings. The van der Waals surface area contributed by atoms with Crippen molar-refractivity contribution in [1.29, 1.82) is 0 Å². The van der Waals surface area contributed by atoms with Crippen LogP contribution in [0.25, 0.3) is 0 Å². The van der Waals surface area contributed by atoms with Crippen LogP contribution in [0.3, 0.4) is 0 Å². The van der Waals surface area contributed by atoms with Gasteiger partial charge >= 0.3 is 18.1 Å². The number of sulfone groups is 1. The molecular formula is C9H17N3O7S. The molecule has 0 aliphatic heterocycles. The second kappa shape index (κ2) is 8.19. The first-order valence-electron chi connectivity index (χ1n) is 5.49. The van der Waals surface area contributed by atoms with Crippen LogP contribution >= 0.6 is 0 Å². The predicted molar refractivity (Wildman–Crippen MR) is 67.8 cm³/mol. The molecule has 116 valence electrons. The summed E-state index contributed by atoms with van der Waals surface area (Å²) in [6.45, 7) is -0.225. The van der Waals surface area contributed by atoms with Crippen LogP contribution in [0, 0.1) is 0 Å². The topological polar surface area (TPSA) is 165 Å². The Kier molecular flexibility index (Phi) is 7.36. The minimum atomic E-state index is -3.33. The van der Waals surface area contributed by atoms with Gasteiger partial charge in [0.05, 0.1) is 12.3 Å². The Hall–Kier alpha value is -2.04. The molecule has 10 nitrogen and oxygen atoms in total. The standard InChI is InChI=1S/C9H17N3O7S/c1-20(17,18)5-2-6(7(13)14)12-9(16)11-3-4-19-8(10)15/h6H,2-5H2,1H3,(H2,10,15)(H,13,14)(H2,11,12,16). The minimum Gasteiger partial charge on any atom is -0.480 e. The molecule has 0 aliphatic carbocycles. The molecule has 0 saturated carbocycles. The SMILES string of the molecule is CS(=O)(=O)CCC(NC(=O)NCCOC(N)=O)C(=O)O. The van der Waals surface area contributed by atoms with E-state index in [1.165, 1.54) is 0 Å². The van der Waals surface area contributed by atoms with Gasteiger partial charge in [0.25, 0.3) is 0 Å². The van der Waals surface area contributed by atoms with E-state index < -0.39 is 34.0 Å². The number of aliphatic carboxylic acids is 1. The fourth-order valence-corrected chi connectivity index (χ4v) is 1.78. The predicted octanol–water partition coefficient (Wildman–Crippen LogP) is -1.73. The molecule has 0 aromatic carbocycles. The Morgan fingerprint density at radius 3 is 2.40 bits per heavy atom. The summed E-state index contributed by atoms with van der Waals surface area (Å²) in [6.07, 6.45) is -0.282. The first kappa shape index (κ1) is 18.0. The molecule has 0 bridgehead atoms. The minimum absolute atomic E-state index is 0.0623. The van der Waals surface area contributed by atoms with E-state index in [4.69, 9.17) is 5.11 Å². The van der Waals surface area contributed by atoms with Crippen LogP contribution in [0.2, 0.25) is 0 Å². The fourth-order valence-electron chi connectivity index (χ4n) is 1.11. The Labute approximate surface area is 115 Å². The second-order valence-electron chi connectivity index (χ2n) is 3.88. The maximum atomic E-state index is 11.3. The summed E-state index contributed by atoms with van der Waals surface area (Å²) in [4.78, 5) is 32.4. The number of carboxylic acids is 1. The zero-order chi connectivity index (χ0) is 15.8. The third-order valence-electron chi connectivity index (χ3n) is 2.01. The van der Waals surface area contributed by atoms with Crippen molar-refractivity contribution in [3.05, 3.63) is 0 Å². The van der Waals surface area contributed by atoms with Crippen molar-refractivity contribution >= 4 is 27.9 Å². The maximum absolute atomic E-state index is 11.3. The highest BCUT2D eigenvalue weighted by atomic mass is 32.2. The molecule has 0 aromatic heterocycles. The number of rotatable bonds is 8. The molecule has 5 N–H and O–H groups in total. The summed E-state index contributed by atoms with van der Waals surface area (Å²) in [7, 11) is -3.33. The van der Waals surface area contributed by atoms with Gasteiger partial charge in [-0.3, -0.25) is 0 Å². The number of amides is 3. The van der Waals surface area contributed by atoms with E-state index in [2.05, 4.69) is 21.1 Å². The van der Waals surface area contributed by atoms with E-state index in [1.807, 2.05) is 0 Å². The highest BCUT2D eigenvalue weighted by molar-refractivity contribution is 7.90. The fraction of sp³-hybridized carbons (Fsp3) is 0.667. The summed E-state index contributed by atoms with van der Waals surface area (Å²) < 4.78 is 26.2. The van der Waals surface area contributed by atoms with Gasteiger partial charge in [0, 0.05) is 6.26 Å². The summed E-state index contributed by atoms with van der Waals surface area (Å²) in [6, 6.07) is -2.15. The van der Waals surface area contributed by atoms with Crippen LogP contribution in [0.4, 0.5) is 9.59 Å². The second-order valence-corrected chi connectivity index (χ2v) is 6.14. The Morgan fingerprint density at radius 2 is 1.95 bits per heavy atom. The molecule has 1 unspecified atom stereocenters. The van der Waals surface area contributed by atoms with Crippen molar-refractivity contribution in [3.8, 4) is 0 Å². The van der Waals surface area contributed by atoms with Crippen molar-refractivity contribution in [2.24, 2.45) is 5.73 Å². The lowest BCUT2D eigenvalue weighted by molar-refractivity contribution is -0.139. The average Bonchev–Trinajstić information content (AvgIpc) is 2.28. The van der Waals surface area contributed by atoms with Crippen LogP contribution in [-0.4, -0.2) is 62.8 Å². The van der Waals surface area contributed by atoms with Gasteiger partial charge in [-0.05, 0) is 6.42 Å².